The average Bonchev–Trinajstić information content (AvgIpc) is 3.19. The van der Waals surface area contributed by atoms with Gasteiger partial charge in [0.05, 0.1) is 8.07 Å². The lowest BCUT2D eigenvalue weighted by Gasteiger charge is -2.29. The number of hydrogen-bond acceptors (Lipinski definition) is 4. The molecule has 1 aliphatic carbocycles. The van der Waals surface area contributed by atoms with Gasteiger partial charge < -0.3 is 23.9 Å². The van der Waals surface area contributed by atoms with Crippen LogP contribution in [0.4, 0.5) is 4.79 Å². The topological polar surface area (TPSA) is 68.8 Å². The van der Waals surface area contributed by atoms with Gasteiger partial charge in [-0.05, 0) is 39.2 Å². The smallest absolute Gasteiger partial charge is 0.374 e. The van der Waals surface area contributed by atoms with Crippen LogP contribution in [-0.2, 0) is 13.3 Å². The number of carbonyl (C=O) groups excluding carboxylic acids is 1. The van der Waals surface area contributed by atoms with Gasteiger partial charge in [-0.3, -0.25) is 0 Å². The van der Waals surface area contributed by atoms with Crippen LogP contribution >= 0.6 is 0 Å². The number of nitrogens with one attached hydrogen (secondary N) is 2. The third-order valence-electron chi connectivity index (χ3n) is 5.78. The van der Waals surface area contributed by atoms with Crippen LogP contribution in [-0.4, -0.2) is 55.8 Å². The fourth-order valence-electron chi connectivity index (χ4n) is 4.23. The van der Waals surface area contributed by atoms with Crippen LogP contribution in [0.1, 0.15) is 59.3 Å². The molecule has 1 rings (SSSR count). The van der Waals surface area contributed by atoms with Crippen LogP contribution in [0.2, 0.25) is 30.7 Å². The second-order valence-corrected chi connectivity index (χ2v) is 16.4. The molecule has 28 heavy (non-hydrogen) atoms. The van der Waals surface area contributed by atoms with Crippen molar-refractivity contribution in [2.24, 2.45) is 0 Å². The average molecular weight is 433 g/mol. The molecule has 6 nitrogen and oxygen atoms in total. The molecule has 1 fully saturated rings. The summed E-state index contributed by atoms with van der Waals surface area (Å²) in [7, 11) is -3.73. The number of hydrogen-bond donors (Lipinski definition) is 2. The molecule has 0 aromatic heterocycles. The predicted molar refractivity (Wildman–Crippen MR) is 121 cm³/mol. The van der Waals surface area contributed by atoms with E-state index in [1.54, 1.807) is 0 Å². The molecule has 0 bridgehead atoms. The maximum absolute atomic E-state index is 12.0. The Morgan fingerprint density at radius 1 is 0.857 bits per heavy atom. The van der Waals surface area contributed by atoms with Gasteiger partial charge in [0.2, 0.25) is 0 Å². The van der Waals surface area contributed by atoms with Crippen LogP contribution in [0.25, 0.3) is 0 Å². The van der Waals surface area contributed by atoms with Gasteiger partial charge in [-0.2, -0.15) is 0 Å². The monoisotopic (exact) mass is 432 g/mol. The lowest BCUT2D eigenvalue weighted by Crippen LogP contribution is -2.46. The van der Waals surface area contributed by atoms with E-state index in [0.717, 1.165) is 31.0 Å². The van der Waals surface area contributed by atoms with E-state index in [0.29, 0.717) is 26.4 Å². The van der Waals surface area contributed by atoms with E-state index >= 15 is 0 Å². The molecule has 2 amide bonds. The van der Waals surface area contributed by atoms with Gasteiger partial charge in [0.1, 0.15) is 0 Å². The van der Waals surface area contributed by atoms with Gasteiger partial charge in [0.25, 0.3) is 0 Å². The van der Waals surface area contributed by atoms with Crippen molar-refractivity contribution in [3.8, 4) is 0 Å². The Balaban J connectivity index is 2.19. The number of amides is 2. The number of rotatable bonds is 15. The minimum absolute atomic E-state index is 0.0724. The van der Waals surface area contributed by atoms with Gasteiger partial charge in [-0.25, -0.2) is 4.79 Å². The number of carbonyl (C=O) groups is 1. The largest absolute Gasteiger partial charge is 0.500 e. The maximum Gasteiger partial charge on any atom is 0.500 e. The van der Waals surface area contributed by atoms with Gasteiger partial charge >= 0.3 is 14.8 Å². The molecule has 0 aromatic rings. The van der Waals surface area contributed by atoms with Crippen molar-refractivity contribution >= 4 is 22.9 Å². The van der Waals surface area contributed by atoms with Gasteiger partial charge in [-0.1, -0.05) is 44.8 Å². The van der Waals surface area contributed by atoms with Crippen molar-refractivity contribution in [1.82, 2.24) is 10.6 Å². The van der Waals surface area contributed by atoms with Crippen molar-refractivity contribution in [3.05, 3.63) is 0 Å². The Bertz CT molecular complexity index is 415. The molecule has 0 radical (unpaired) electrons. The molecule has 0 spiro atoms. The first-order chi connectivity index (χ1) is 13.4. The highest BCUT2D eigenvalue weighted by molar-refractivity contribution is 6.78. The zero-order chi connectivity index (χ0) is 20.9. The summed E-state index contributed by atoms with van der Waals surface area (Å²) in [6.45, 7) is 14.1. The zero-order valence-electron chi connectivity index (χ0n) is 18.9. The van der Waals surface area contributed by atoms with Crippen LogP contribution in [0.15, 0.2) is 0 Å². The summed E-state index contributed by atoms with van der Waals surface area (Å²) in [5.41, 5.74) is 0.992. The summed E-state index contributed by atoms with van der Waals surface area (Å²) in [6.07, 6.45) is 7.59. The standard InChI is InChI=1S/C20H44N2O4Si2/c1-6-24-28(25-7-2,26-8-3)18-12-16-22-20(23)21-15-11-17-27(4,5)19-13-9-10-14-19/h19H,6-18H2,1-5H3,(H2,21,22,23). The van der Waals surface area contributed by atoms with E-state index < -0.39 is 16.9 Å². The third-order valence-corrected chi connectivity index (χ3v) is 13.4. The summed E-state index contributed by atoms with van der Waals surface area (Å²) < 4.78 is 17.5. The highest BCUT2D eigenvalue weighted by atomic mass is 28.4. The number of urea groups is 1. The SMILES string of the molecule is CCO[Si](CCCNC(=O)NCCC[Si](C)(C)C1CCCC1)(OCC)OCC. The first-order valence-electron chi connectivity index (χ1n) is 11.3. The molecular weight excluding hydrogens is 388 g/mol. The van der Waals surface area contributed by atoms with Crippen molar-refractivity contribution in [2.75, 3.05) is 32.9 Å². The minimum Gasteiger partial charge on any atom is -0.374 e. The van der Waals surface area contributed by atoms with E-state index in [1.165, 1.54) is 31.7 Å². The first-order valence-corrected chi connectivity index (χ1v) is 16.5. The molecule has 0 atom stereocenters. The van der Waals surface area contributed by atoms with E-state index in [-0.39, 0.29) is 6.03 Å². The maximum atomic E-state index is 12.0. The van der Waals surface area contributed by atoms with Crippen molar-refractivity contribution in [1.29, 1.82) is 0 Å². The summed E-state index contributed by atoms with van der Waals surface area (Å²) in [4.78, 5) is 12.0. The molecule has 1 saturated carbocycles. The fourth-order valence-corrected chi connectivity index (χ4v) is 10.3. The summed E-state index contributed by atoms with van der Waals surface area (Å²) in [6, 6.07) is 1.96. The predicted octanol–water partition coefficient (Wildman–Crippen LogP) is 4.77. The second-order valence-electron chi connectivity index (χ2n) is 8.34. The quantitative estimate of drug-likeness (QED) is 0.289. The molecule has 0 heterocycles. The van der Waals surface area contributed by atoms with Crippen LogP contribution < -0.4 is 10.6 Å². The van der Waals surface area contributed by atoms with Gasteiger partial charge in [-0.15, -0.1) is 0 Å². The van der Waals surface area contributed by atoms with Crippen molar-refractivity contribution in [2.45, 2.75) is 90.0 Å². The second kappa shape index (κ2) is 13.7. The molecule has 166 valence electrons. The van der Waals surface area contributed by atoms with Crippen molar-refractivity contribution < 1.29 is 18.1 Å². The fraction of sp³-hybridized carbons (Fsp3) is 0.950. The molecule has 0 unspecified atom stereocenters. The molecule has 1 aliphatic rings. The van der Waals surface area contributed by atoms with E-state index in [9.17, 15) is 4.79 Å². The highest BCUT2D eigenvalue weighted by Gasteiger charge is 2.39. The van der Waals surface area contributed by atoms with E-state index in [2.05, 4.69) is 23.7 Å². The summed E-state index contributed by atoms with van der Waals surface area (Å²) in [5, 5.41) is 5.96. The molecule has 0 aromatic carbocycles. The molecule has 2 N–H and O–H groups in total. The van der Waals surface area contributed by atoms with Crippen LogP contribution in [0.3, 0.4) is 0 Å². The third kappa shape index (κ3) is 9.39. The Kier molecular flexibility index (Phi) is 12.6. The van der Waals surface area contributed by atoms with Gasteiger partial charge in [0, 0.05) is 39.0 Å². The first kappa shape index (κ1) is 25.6. The zero-order valence-corrected chi connectivity index (χ0v) is 20.9. The Morgan fingerprint density at radius 3 is 1.79 bits per heavy atom. The van der Waals surface area contributed by atoms with E-state index in [4.69, 9.17) is 13.3 Å². The highest BCUT2D eigenvalue weighted by Crippen LogP contribution is 2.40. The molecule has 8 heteroatoms. The molecule has 0 aliphatic heterocycles. The summed E-state index contributed by atoms with van der Waals surface area (Å²) in [5.74, 6) is 0. The van der Waals surface area contributed by atoms with Crippen LogP contribution in [0.5, 0.6) is 0 Å². The lowest BCUT2D eigenvalue weighted by atomic mass is 10.4. The Morgan fingerprint density at radius 2 is 1.32 bits per heavy atom. The molecular formula is C20H44N2O4Si2. The lowest BCUT2D eigenvalue weighted by molar-refractivity contribution is 0.0708. The minimum atomic E-state index is -2.60. The summed E-state index contributed by atoms with van der Waals surface area (Å²) >= 11 is 0. The van der Waals surface area contributed by atoms with Gasteiger partial charge in [0.15, 0.2) is 0 Å². The Hall–Kier alpha value is -0.416. The molecule has 0 saturated heterocycles. The van der Waals surface area contributed by atoms with Crippen molar-refractivity contribution in [3.63, 3.8) is 0 Å². The van der Waals surface area contributed by atoms with Crippen LogP contribution in [0, 0.1) is 0 Å². The Labute approximate surface area is 174 Å². The normalized spacial score (nSPS) is 15.8. The van der Waals surface area contributed by atoms with E-state index in [1.807, 2.05) is 20.8 Å².